The van der Waals surface area contributed by atoms with Crippen molar-refractivity contribution >= 4 is 11.9 Å². The van der Waals surface area contributed by atoms with Crippen molar-refractivity contribution in [2.75, 3.05) is 26.2 Å². The fourth-order valence-corrected chi connectivity index (χ4v) is 2.13. The highest BCUT2D eigenvalue weighted by atomic mass is 16.4. The number of carbonyl (C=O) groups excluding carboxylic acids is 1. The summed E-state index contributed by atoms with van der Waals surface area (Å²) < 4.78 is 0. The van der Waals surface area contributed by atoms with Crippen LogP contribution in [0.1, 0.15) is 19.3 Å². The monoisotopic (exact) mass is 212 g/mol. The van der Waals surface area contributed by atoms with Gasteiger partial charge in [-0.3, -0.25) is 14.5 Å². The number of carbonyl (C=O) groups is 2. The van der Waals surface area contributed by atoms with Gasteiger partial charge in [-0.05, 0) is 25.8 Å². The van der Waals surface area contributed by atoms with Gasteiger partial charge in [0.1, 0.15) is 6.04 Å². The van der Waals surface area contributed by atoms with E-state index in [-0.39, 0.29) is 12.5 Å². The molecule has 2 aliphatic rings. The highest BCUT2D eigenvalue weighted by Gasteiger charge is 2.33. The molecule has 1 unspecified atom stereocenters. The molecule has 0 aromatic rings. The average Bonchev–Trinajstić information content (AvgIpc) is 2.48. The van der Waals surface area contributed by atoms with E-state index < -0.39 is 12.0 Å². The van der Waals surface area contributed by atoms with Gasteiger partial charge in [0, 0.05) is 13.1 Å². The maximum absolute atomic E-state index is 11.6. The van der Waals surface area contributed by atoms with E-state index in [1.807, 2.05) is 0 Å². The molecule has 2 rings (SSSR count). The van der Waals surface area contributed by atoms with Gasteiger partial charge in [0.05, 0.1) is 6.54 Å². The van der Waals surface area contributed by atoms with Crippen LogP contribution in [-0.4, -0.2) is 59.0 Å². The lowest BCUT2D eigenvalue weighted by Crippen LogP contribution is -2.49. The Labute approximate surface area is 88.6 Å². The van der Waals surface area contributed by atoms with Crippen molar-refractivity contribution in [1.29, 1.82) is 0 Å². The van der Waals surface area contributed by atoms with Gasteiger partial charge >= 0.3 is 5.97 Å². The third-order valence-corrected chi connectivity index (χ3v) is 3.20. The quantitative estimate of drug-likeness (QED) is 0.702. The minimum Gasteiger partial charge on any atom is -0.480 e. The first kappa shape index (κ1) is 10.4. The number of nitrogens with zero attached hydrogens (tertiary/aromatic N) is 2. The molecule has 2 heterocycles. The summed E-state index contributed by atoms with van der Waals surface area (Å²) in [6.07, 6.45) is 2.63. The summed E-state index contributed by atoms with van der Waals surface area (Å²) in [6.45, 7) is 2.68. The number of carboxylic acids is 1. The molecule has 5 nitrogen and oxygen atoms in total. The lowest BCUT2D eigenvalue weighted by Gasteiger charge is -2.33. The Kier molecular flexibility index (Phi) is 2.90. The van der Waals surface area contributed by atoms with E-state index in [1.54, 1.807) is 9.80 Å². The molecule has 2 saturated heterocycles. The van der Waals surface area contributed by atoms with E-state index in [1.165, 1.54) is 0 Å². The molecular formula is C10H16N2O3. The first-order valence-electron chi connectivity index (χ1n) is 5.43. The van der Waals surface area contributed by atoms with Gasteiger partial charge in [0.15, 0.2) is 0 Å². The van der Waals surface area contributed by atoms with E-state index in [0.29, 0.717) is 6.42 Å². The van der Waals surface area contributed by atoms with Crippen molar-refractivity contribution in [2.45, 2.75) is 25.3 Å². The number of aliphatic carboxylic acids is 1. The van der Waals surface area contributed by atoms with Crippen LogP contribution in [0.15, 0.2) is 0 Å². The van der Waals surface area contributed by atoms with Crippen LogP contribution in [-0.2, 0) is 9.59 Å². The van der Waals surface area contributed by atoms with Crippen LogP contribution in [0.3, 0.4) is 0 Å². The molecule has 0 aromatic heterocycles. The molecule has 2 aliphatic heterocycles. The van der Waals surface area contributed by atoms with Crippen molar-refractivity contribution in [1.82, 2.24) is 9.80 Å². The van der Waals surface area contributed by atoms with Crippen LogP contribution in [0.2, 0.25) is 0 Å². The zero-order chi connectivity index (χ0) is 10.8. The number of carboxylic acid groups (broad SMARTS) is 1. The molecule has 0 saturated carbocycles. The smallest absolute Gasteiger partial charge is 0.320 e. The zero-order valence-electron chi connectivity index (χ0n) is 8.69. The minimum atomic E-state index is -0.802. The van der Waals surface area contributed by atoms with Crippen molar-refractivity contribution < 1.29 is 14.7 Å². The molecule has 1 atom stereocenters. The lowest BCUT2D eigenvalue weighted by atomic mass is 10.2. The Morgan fingerprint density at radius 1 is 1.20 bits per heavy atom. The number of amides is 1. The summed E-state index contributed by atoms with van der Waals surface area (Å²) in [4.78, 5) is 26.1. The number of rotatable bonds is 3. The van der Waals surface area contributed by atoms with Gasteiger partial charge in [0.2, 0.25) is 5.91 Å². The molecule has 1 N–H and O–H groups in total. The largest absolute Gasteiger partial charge is 0.480 e. The Morgan fingerprint density at radius 3 is 2.47 bits per heavy atom. The van der Waals surface area contributed by atoms with Crippen molar-refractivity contribution in [3.63, 3.8) is 0 Å². The molecule has 0 spiro atoms. The normalized spacial score (nSPS) is 26.4. The average molecular weight is 212 g/mol. The molecule has 0 aromatic carbocycles. The summed E-state index contributed by atoms with van der Waals surface area (Å²) in [5.74, 6) is -0.724. The van der Waals surface area contributed by atoms with E-state index in [2.05, 4.69) is 0 Å². The number of hydrogen-bond acceptors (Lipinski definition) is 3. The fourth-order valence-electron chi connectivity index (χ4n) is 2.13. The van der Waals surface area contributed by atoms with Crippen LogP contribution >= 0.6 is 0 Å². The summed E-state index contributed by atoms with van der Waals surface area (Å²) in [5, 5.41) is 8.94. The standard InChI is InChI=1S/C10H16N2O3/c13-9(11-5-2-6-11)7-12-4-1-3-8(12)10(14)15/h8H,1-7H2,(H,14,15). The first-order valence-corrected chi connectivity index (χ1v) is 5.43. The molecule has 0 bridgehead atoms. The lowest BCUT2D eigenvalue weighted by molar-refractivity contribution is -0.144. The summed E-state index contributed by atoms with van der Waals surface area (Å²) in [7, 11) is 0. The number of hydrogen-bond donors (Lipinski definition) is 1. The Hall–Kier alpha value is -1.10. The van der Waals surface area contributed by atoms with E-state index in [0.717, 1.165) is 32.5 Å². The summed E-state index contributed by atoms with van der Waals surface area (Å²) in [6, 6.07) is -0.449. The summed E-state index contributed by atoms with van der Waals surface area (Å²) >= 11 is 0. The highest BCUT2D eigenvalue weighted by molar-refractivity contribution is 5.80. The van der Waals surface area contributed by atoms with Gasteiger partial charge < -0.3 is 10.0 Å². The molecule has 2 fully saturated rings. The maximum Gasteiger partial charge on any atom is 0.320 e. The number of likely N-dealkylation sites (tertiary alicyclic amines) is 2. The first-order chi connectivity index (χ1) is 7.18. The molecule has 0 aliphatic carbocycles. The molecular weight excluding hydrogens is 196 g/mol. The Bertz CT molecular complexity index is 276. The molecule has 5 heteroatoms. The Balaban J connectivity index is 1.87. The zero-order valence-corrected chi connectivity index (χ0v) is 8.69. The second kappa shape index (κ2) is 4.18. The Morgan fingerprint density at radius 2 is 1.93 bits per heavy atom. The van der Waals surface area contributed by atoms with Crippen LogP contribution in [0.4, 0.5) is 0 Å². The van der Waals surface area contributed by atoms with Crippen LogP contribution in [0.25, 0.3) is 0 Å². The van der Waals surface area contributed by atoms with Gasteiger partial charge in [-0.15, -0.1) is 0 Å². The molecule has 84 valence electrons. The van der Waals surface area contributed by atoms with Gasteiger partial charge in [-0.1, -0.05) is 0 Å². The van der Waals surface area contributed by atoms with Gasteiger partial charge in [-0.25, -0.2) is 0 Å². The molecule has 15 heavy (non-hydrogen) atoms. The van der Waals surface area contributed by atoms with E-state index >= 15 is 0 Å². The third-order valence-electron chi connectivity index (χ3n) is 3.20. The van der Waals surface area contributed by atoms with E-state index in [4.69, 9.17) is 5.11 Å². The van der Waals surface area contributed by atoms with Gasteiger partial charge in [0.25, 0.3) is 0 Å². The third kappa shape index (κ3) is 2.12. The highest BCUT2D eigenvalue weighted by Crippen LogP contribution is 2.18. The molecule has 0 radical (unpaired) electrons. The van der Waals surface area contributed by atoms with Crippen molar-refractivity contribution in [3.05, 3.63) is 0 Å². The topological polar surface area (TPSA) is 60.9 Å². The SMILES string of the molecule is O=C(O)C1CCCN1CC(=O)N1CCC1. The second-order valence-electron chi connectivity index (χ2n) is 4.20. The predicted molar refractivity (Wildman–Crippen MR) is 53.4 cm³/mol. The van der Waals surface area contributed by atoms with E-state index in [9.17, 15) is 9.59 Å². The van der Waals surface area contributed by atoms with Crippen LogP contribution < -0.4 is 0 Å². The van der Waals surface area contributed by atoms with Gasteiger partial charge in [-0.2, -0.15) is 0 Å². The van der Waals surface area contributed by atoms with Crippen LogP contribution in [0.5, 0.6) is 0 Å². The fraction of sp³-hybridized carbons (Fsp3) is 0.800. The van der Waals surface area contributed by atoms with Crippen LogP contribution in [0, 0.1) is 0 Å². The van der Waals surface area contributed by atoms with Crippen molar-refractivity contribution in [2.24, 2.45) is 0 Å². The summed E-state index contributed by atoms with van der Waals surface area (Å²) in [5.41, 5.74) is 0. The second-order valence-corrected chi connectivity index (χ2v) is 4.20. The molecule has 1 amide bonds. The minimum absolute atomic E-state index is 0.0781. The maximum atomic E-state index is 11.6. The van der Waals surface area contributed by atoms with Crippen molar-refractivity contribution in [3.8, 4) is 0 Å². The predicted octanol–water partition coefficient (Wildman–Crippen LogP) is -0.232.